The maximum absolute atomic E-state index is 11.8. The summed E-state index contributed by atoms with van der Waals surface area (Å²) in [5, 5.41) is 20.3. The number of carbonyl (C=O) groups excluding carboxylic acids is 1. The Bertz CT molecular complexity index is 463. The summed E-state index contributed by atoms with van der Waals surface area (Å²) in [5.74, 6) is -1.51. The van der Waals surface area contributed by atoms with E-state index in [0.29, 0.717) is 24.9 Å². The van der Waals surface area contributed by atoms with Crippen LogP contribution in [0.1, 0.15) is 18.4 Å². The maximum Gasteiger partial charge on any atom is 0.306 e. The maximum atomic E-state index is 11.8. The van der Waals surface area contributed by atoms with Gasteiger partial charge in [0.2, 0.25) is 5.91 Å². The molecule has 5 heteroatoms. The van der Waals surface area contributed by atoms with Crippen LogP contribution in [-0.4, -0.2) is 28.7 Å². The van der Waals surface area contributed by atoms with Crippen LogP contribution in [-0.2, 0) is 16.0 Å². The Morgan fingerprint density at radius 1 is 1.16 bits per heavy atom. The van der Waals surface area contributed by atoms with Gasteiger partial charge in [-0.05, 0) is 37.0 Å². The van der Waals surface area contributed by atoms with E-state index in [2.05, 4.69) is 5.32 Å². The van der Waals surface area contributed by atoms with Crippen LogP contribution in [0.3, 0.4) is 0 Å². The minimum Gasteiger partial charge on any atom is -0.481 e. The van der Waals surface area contributed by atoms with Gasteiger partial charge in [0.15, 0.2) is 0 Å². The van der Waals surface area contributed by atoms with Crippen molar-refractivity contribution in [2.75, 3.05) is 11.9 Å². The molecule has 102 valence electrons. The molecule has 0 atom stereocenters. The summed E-state index contributed by atoms with van der Waals surface area (Å²) in [7, 11) is 0. The Morgan fingerprint density at radius 2 is 1.79 bits per heavy atom. The summed E-state index contributed by atoms with van der Waals surface area (Å²) in [6.45, 7) is 0.102. The molecule has 0 aromatic heterocycles. The van der Waals surface area contributed by atoms with Crippen LogP contribution in [0.5, 0.6) is 0 Å². The first-order valence-electron chi connectivity index (χ1n) is 6.33. The zero-order valence-electron chi connectivity index (χ0n) is 10.5. The standard InChI is InChI=1S/C14H17NO4/c16-6-5-9-1-3-12(4-2-9)15-13(17)10-7-11(8-10)14(18)19/h1-4,10-11,16H,5-8H2,(H,15,17)(H,18,19). The molecule has 0 bridgehead atoms. The van der Waals surface area contributed by atoms with Gasteiger partial charge in [-0.25, -0.2) is 0 Å². The first-order valence-corrected chi connectivity index (χ1v) is 6.33. The molecule has 19 heavy (non-hydrogen) atoms. The molecule has 0 saturated heterocycles. The van der Waals surface area contributed by atoms with Crippen LogP contribution in [0.25, 0.3) is 0 Å². The fraction of sp³-hybridized carbons (Fsp3) is 0.429. The third-order valence-electron chi connectivity index (χ3n) is 3.48. The third-order valence-corrected chi connectivity index (χ3v) is 3.48. The zero-order chi connectivity index (χ0) is 13.8. The number of carboxylic acid groups (broad SMARTS) is 1. The number of aliphatic carboxylic acids is 1. The van der Waals surface area contributed by atoms with E-state index in [1.807, 2.05) is 12.1 Å². The van der Waals surface area contributed by atoms with E-state index in [4.69, 9.17) is 10.2 Å². The van der Waals surface area contributed by atoms with Crippen LogP contribution >= 0.6 is 0 Å². The second-order valence-electron chi connectivity index (χ2n) is 4.86. The topological polar surface area (TPSA) is 86.6 Å². The second kappa shape index (κ2) is 5.84. The molecule has 1 aromatic carbocycles. The highest BCUT2D eigenvalue weighted by atomic mass is 16.4. The Hall–Kier alpha value is -1.88. The molecule has 1 fully saturated rings. The van der Waals surface area contributed by atoms with Gasteiger partial charge in [0, 0.05) is 18.2 Å². The molecule has 0 heterocycles. The van der Waals surface area contributed by atoms with E-state index in [-0.39, 0.29) is 24.3 Å². The molecule has 1 amide bonds. The van der Waals surface area contributed by atoms with Gasteiger partial charge in [-0.1, -0.05) is 12.1 Å². The number of nitrogens with one attached hydrogen (secondary N) is 1. The van der Waals surface area contributed by atoms with E-state index >= 15 is 0 Å². The van der Waals surface area contributed by atoms with Gasteiger partial charge in [-0.2, -0.15) is 0 Å². The van der Waals surface area contributed by atoms with E-state index in [1.165, 1.54) is 0 Å². The van der Waals surface area contributed by atoms with Crippen molar-refractivity contribution >= 4 is 17.6 Å². The molecule has 1 saturated carbocycles. The highest BCUT2D eigenvalue weighted by Crippen LogP contribution is 2.34. The van der Waals surface area contributed by atoms with Crippen LogP contribution in [0, 0.1) is 11.8 Å². The number of carbonyl (C=O) groups is 2. The number of anilines is 1. The highest BCUT2D eigenvalue weighted by Gasteiger charge is 2.38. The molecule has 0 spiro atoms. The van der Waals surface area contributed by atoms with Gasteiger partial charge >= 0.3 is 5.97 Å². The Balaban J connectivity index is 1.84. The number of benzene rings is 1. The van der Waals surface area contributed by atoms with Crippen molar-refractivity contribution in [2.45, 2.75) is 19.3 Å². The molecule has 0 unspecified atom stereocenters. The largest absolute Gasteiger partial charge is 0.481 e. The lowest BCUT2D eigenvalue weighted by Crippen LogP contribution is -2.38. The Morgan fingerprint density at radius 3 is 2.32 bits per heavy atom. The monoisotopic (exact) mass is 263 g/mol. The minimum absolute atomic E-state index is 0.102. The average Bonchev–Trinajstić information content (AvgIpc) is 2.29. The summed E-state index contributed by atoms with van der Waals surface area (Å²) in [4.78, 5) is 22.5. The SMILES string of the molecule is O=C(O)C1CC(C(=O)Nc2ccc(CCO)cc2)C1. The fourth-order valence-electron chi connectivity index (χ4n) is 2.16. The first-order chi connectivity index (χ1) is 9.10. The lowest BCUT2D eigenvalue weighted by atomic mass is 9.74. The lowest BCUT2D eigenvalue weighted by Gasteiger charge is -2.30. The van der Waals surface area contributed by atoms with E-state index in [9.17, 15) is 9.59 Å². The molecule has 1 aliphatic rings. The van der Waals surface area contributed by atoms with Crippen LogP contribution in [0.15, 0.2) is 24.3 Å². The number of carboxylic acids is 1. The van der Waals surface area contributed by atoms with Crippen molar-refractivity contribution in [1.82, 2.24) is 0 Å². The molecular formula is C14H17NO4. The molecule has 1 aliphatic carbocycles. The Labute approximate surface area is 111 Å². The Kier molecular flexibility index (Phi) is 4.16. The van der Waals surface area contributed by atoms with Crippen LogP contribution in [0.2, 0.25) is 0 Å². The summed E-state index contributed by atoms with van der Waals surface area (Å²) < 4.78 is 0. The van der Waals surface area contributed by atoms with Crippen molar-refractivity contribution in [3.63, 3.8) is 0 Å². The van der Waals surface area contributed by atoms with Gasteiger partial charge < -0.3 is 15.5 Å². The van der Waals surface area contributed by atoms with Gasteiger partial charge in [-0.3, -0.25) is 9.59 Å². The van der Waals surface area contributed by atoms with Crippen molar-refractivity contribution < 1.29 is 19.8 Å². The van der Waals surface area contributed by atoms with Gasteiger partial charge in [0.25, 0.3) is 0 Å². The predicted octanol–water partition coefficient (Wildman–Crippen LogP) is 1.27. The predicted molar refractivity (Wildman–Crippen MR) is 69.7 cm³/mol. The zero-order valence-corrected chi connectivity index (χ0v) is 10.5. The van der Waals surface area contributed by atoms with Crippen molar-refractivity contribution in [1.29, 1.82) is 0 Å². The lowest BCUT2D eigenvalue weighted by molar-refractivity contribution is -0.147. The van der Waals surface area contributed by atoms with Crippen molar-refractivity contribution in [3.05, 3.63) is 29.8 Å². The quantitative estimate of drug-likeness (QED) is 0.746. The molecule has 2 rings (SSSR count). The summed E-state index contributed by atoms with van der Waals surface area (Å²) in [6.07, 6.45) is 1.44. The number of hydrogen-bond donors (Lipinski definition) is 3. The second-order valence-corrected chi connectivity index (χ2v) is 4.86. The fourth-order valence-corrected chi connectivity index (χ4v) is 2.16. The van der Waals surface area contributed by atoms with E-state index < -0.39 is 5.97 Å². The molecule has 1 aromatic rings. The number of hydrogen-bond acceptors (Lipinski definition) is 3. The average molecular weight is 263 g/mol. The number of aliphatic hydroxyl groups excluding tert-OH is 1. The van der Waals surface area contributed by atoms with E-state index in [0.717, 1.165) is 5.56 Å². The highest BCUT2D eigenvalue weighted by molar-refractivity contribution is 5.94. The first kappa shape index (κ1) is 13.5. The smallest absolute Gasteiger partial charge is 0.306 e. The van der Waals surface area contributed by atoms with Crippen LogP contribution < -0.4 is 5.32 Å². The molecule has 5 nitrogen and oxygen atoms in total. The molecule has 0 radical (unpaired) electrons. The van der Waals surface area contributed by atoms with Gasteiger partial charge in [-0.15, -0.1) is 0 Å². The number of amides is 1. The summed E-state index contributed by atoms with van der Waals surface area (Å²) >= 11 is 0. The molecule has 3 N–H and O–H groups in total. The summed E-state index contributed by atoms with van der Waals surface area (Å²) in [6, 6.07) is 7.28. The van der Waals surface area contributed by atoms with E-state index in [1.54, 1.807) is 12.1 Å². The number of aliphatic hydroxyl groups is 1. The van der Waals surface area contributed by atoms with Gasteiger partial charge in [0.1, 0.15) is 0 Å². The molecular weight excluding hydrogens is 246 g/mol. The van der Waals surface area contributed by atoms with Gasteiger partial charge in [0.05, 0.1) is 5.92 Å². The van der Waals surface area contributed by atoms with Crippen molar-refractivity contribution in [3.8, 4) is 0 Å². The molecule has 0 aliphatic heterocycles. The normalized spacial score (nSPS) is 21.5. The third kappa shape index (κ3) is 3.32. The van der Waals surface area contributed by atoms with Crippen molar-refractivity contribution in [2.24, 2.45) is 11.8 Å². The number of rotatable bonds is 5. The minimum atomic E-state index is -0.822. The summed E-state index contributed by atoms with van der Waals surface area (Å²) in [5.41, 5.74) is 1.71. The van der Waals surface area contributed by atoms with Crippen LogP contribution in [0.4, 0.5) is 5.69 Å².